The van der Waals surface area contributed by atoms with Crippen LogP contribution in [-0.4, -0.2) is 24.1 Å². The maximum absolute atomic E-state index is 5.27. The van der Waals surface area contributed by atoms with E-state index in [-0.39, 0.29) is 0 Å². The van der Waals surface area contributed by atoms with Crippen molar-refractivity contribution in [1.29, 1.82) is 0 Å². The summed E-state index contributed by atoms with van der Waals surface area (Å²) in [7, 11) is 0. The molecule has 284 valence electrons. The molecule has 0 saturated carbocycles. The second-order valence-corrected chi connectivity index (χ2v) is 16.7. The SMILES string of the molecule is c1ccc(-c2ccc3cc(-c4nc(-c5ccc6c(c5)Sc5cccc7c8c9ccccc9n(-c9ccccc9)c8n-6c57)nc(-c5cccc6ccccc56)n4)ccc3c2)cc1. The van der Waals surface area contributed by atoms with Crippen LogP contribution in [0.4, 0.5) is 0 Å². The molecule has 9 aromatic carbocycles. The molecule has 5 nitrogen and oxygen atoms in total. The van der Waals surface area contributed by atoms with E-state index in [4.69, 9.17) is 15.0 Å². The molecule has 0 aliphatic carbocycles. The molecule has 1 aliphatic heterocycles. The Bertz CT molecular complexity index is 3730. The van der Waals surface area contributed by atoms with E-state index in [0.717, 1.165) is 54.8 Å². The lowest BCUT2D eigenvalue weighted by atomic mass is 10.00. The lowest BCUT2D eigenvalue weighted by molar-refractivity contribution is 1.02. The summed E-state index contributed by atoms with van der Waals surface area (Å²) in [6, 6.07) is 71.3. The fourth-order valence-electron chi connectivity index (χ4n) is 9.33. The highest BCUT2D eigenvalue weighted by molar-refractivity contribution is 7.99. The van der Waals surface area contributed by atoms with Crippen LogP contribution in [-0.2, 0) is 0 Å². The summed E-state index contributed by atoms with van der Waals surface area (Å²) in [6.45, 7) is 0. The number of fused-ring (bicyclic) bond motifs is 9. The van der Waals surface area contributed by atoms with Crippen molar-refractivity contribution in [3.8, 4) is 56.7 Å². The van der Waals surface area contributed by atoms with E-state index in [2.05, 4.69) is 209 Å². The molecule has 0 spiro atoms. The van der Waals surface area contributed by atoms with E-state index < -0.39 is 0 Å². The summed E-state index contributed by atoms with van der Waals surface area (Å²) in [4.78, 5) is 18.1. The normalized spacial score (nSPS) is 12.2. The molecular weight excluding hydrogens is 763 g/mol. The first-order valence-corrected chi connectivity index (χ1v) is 21.3. The number of benzene rings is 9. The molecule has 0 N–H and O–H groups in total. The molecule has 0 unspecified atom stereocenters. The van der Waals surface area contributed by atoms with Gasteiger partial charge in [-0.25, -0.2) is 15.0 Å². The molecule has 1 aliphatic rings. The highest BCUT2D eigenvalue weighted by Gasteiger charge is 2.28. The molecule has 12 aromatic rings. The second kappa shape index (κ2) is 13.4. The Balaban J connectivity index is 1.01. The quantitative estimate of drug-likeness (QED) is 0.174. The van der Waals surface area contributed by atoms with Crippen molar-refractivity contribution in [3.05, 3.63) is 200 Å². The zero-order valence-electron chi connectivity index (χ0n) is 32.7. The summed E-state index contributed by atoms with van der Waals surface area (Å²) in [5, 5.41) is 8.32. The van der Waals surface area contributed by atoms with Crippen molar-refractivity contribution < 1.29 is 0 Å². The van der Waals surface area contributed by atoms with Gasteiger partial charge >= 0.3 is 0 Å². The lowest BCUT2D eigenvalue weighted by Crippen LogP contribution is -2.06. The average Bonchev–Trinajstić information content (AvgIpc) is 3.85. The van der Waals surface area contributed by atoms with Crippen LogP contribution >= 0.6 is 11.8 Å². The van der Waals surface area contributed by atoms with Crippen molar-refractivity contribution >= 4 is 66.1 Å². The van der Waals surface area contributed by atoms with Crippen molar-refractivity contribution in [3.63, 3.8) is 0 Å². The molecule has 0 radical (unpaired) electrons. The van der Waals surface area contributed by atoms with Gasteiger partial charge in [0, 0.05) is 48.3 Å². The highest BCUT2D eigenvalue weighted by Crippen LogP contribution is 2.50. The molecule has 61 heavy (non-hydrogen) atoms. The topological polar surface area (TPSA) is 48.5 Å². The van der Waals surface area contributed by atoms with Gasteiger partial charge in [0.25, 0.3) is 0 Å². The largest absolute Gasteiger partial charge is 0.295 e. The van der Waals surface area contributed by atoms with Gasteiger partial charge in [-0.2, -0.15) is 0 Å². The van der Waals surface area contributed by atoms with E-state index >= 15 is 0 Å². The Kier molecular flexibility index (Phi) is 7.47. The van der Waals surface area contributed by atoms with E-state index in [0.29, 0.717) is 17.5 Å². The van der Waals surface area contributed by atoms with Gasteiger partial charge in [-0.05, 0) is 87.3 Å². The lowest BCUT2D eigenvalue weighted by Gasteiger charge is -2.22. The predicted octanol–water partition coefficient (Wildman–Crippen LogP) is 14.4. The first-order chi connectivity index (χ1) is 30.2. The van der Waals surface area contributed by atoms with E-state index in [1.807, 2.05) is 11.8 Å². The molecule has 4 heterocycles. The van der Waals surface area contributed by atoms with Crippen LogP contribution in [0.15, 0.2) is 210 Å². The Morgan fingerprint density at radius 3 is 1.84 bits per heavy atom. The monoisotopic (exact) mass is 795 g/mol. The van der Waals surface area contributed by atoms with E-state index in [1.54, 1.807) is 0 Å². The number of hydrogen-bond donors (Lipinski definition) is 0. The predicted molar refractivity (Wildman–Crippen MR) is 252 cm³/mol. The molecule has 13 rings (SSSR count). The van der Waals surface area contributed by atoms with Crippen molar-refractivity contribution in [2.24, 2.45) is 0 Å². The maximum atomic E-state index is 5.27. The summed E-state index contributed by atoms with van der Waals surface area (Å²) in [5.41, 5.74) is 11.1. The smallest absolute Gasteiger partial charge is 0.164 e. The first-order valence-electron chi connectivity index (χ1n) is 20.5. The summed E-state index contributed by atoms with van der Waals surface area (Å²) in [5.74, 6) is 1.92. The van der Waals surface area contributed by atoms with Gasteiger partial charge in [-0.1, -0.05) is 157 Å². The Morgan fingerprint density at radius 1 is 0.377 bits per heavy atom. The van der Waals surface area contributed by atoms with Crippen molar-refractivity contribution in [2.75, 3.05) is 0 Å². The van der Waals surface area contributed by atoms with Gasteiger partial charge in [0.1, 0.15) is 5.65 Å². The second-order valence-electron chi connectivity index (χ2n) is 15.6. The minimum absolute atomic E-state index is 0.635. The molecular formula is C55H33N5S. The van der Waals surface area contributed by atoms with Gasteiger partial charge in [0.05, 0.1) is 16.7 Å². The number of para-hydroxylation sites is 3. The van der Waals surface area contributed by atoms with Crippen LogP contribution in [0, 0.1) is 0 Å². The minimum atomic E-state index is 0.635. The number of rotatable bonds is 5. The first kappa shape index (κ1) is 34.1. The molecule has 0 bridgehead atoms. The van der Waals surface area contributed by atoms with Gasteiger partial charge in [0.2, 0.25) is 0 Å². The zero-order chi connectivity index (χ0) is 40.0. The zero-order valence-corrected chi connectivity index (χ0v) is 33.5. The molecule has 0 fully saturated rings. The highest BCUT2D eigenvalue weighted by atomic mass is 32.2. The summed E-state index contributed by atoms with van der Waals surface area (Å²) < 4.78 is 4.89. The van der Waals surface area contributed by atoms with Gasteiger partial charge < -0.3 is 0 Å². The number of nitrogens with zero attached hydrogens (tertiary/aromatic N) is 5. The van der Waals surface area contributed by atoms with E-state index in [1.165, 1.54) is 48.6 Å². The van der Waals surface area contributed by atoms with Crippen LogP contribution < -0.4 is 0 Å². The van der Waals surface area contributed by atoms with Crippen LogP contribution in [0.2, 0.25) is 0 Å². The molecule has 3 aromatic heterocycles. The Hall–Kier alpha value is -7.80. The molecule has 0 amide bonds. The van der Waals surface area contributed by atoms with Crippen LogP contribution in [0.25, 0.3) is 111 Å². The molecule has 6 heteroatoms. The average molecular weight is 796 g/mol. The van der Waals surface area contributed by atoms with Gasteiger partial charge in [-0.15, -0.1) is 0 Å². The summed E-state index contributed by atoms with van der Waals surface area (Å²) >= 11 is 1.81. The van der Waals surface area contributed by atoms with E-state index in [9.17, 15) is 0 Å². The number of aromatic nitrogens is 5. The molecule has 0 saturated heterocycles. The third-order valence-corrected chi connectivity index (χ3v) is 13.2. The van der Waals surface area contributed by atoms with Crippen LogP contribution in [0.3, 0.4) is 0 Å². The van der Waals surface area contributed by atoms with Crippen LogP contribution in [0.5, 0.6) is 0 Å². The van der Waals surface area contributed by atoms with Gasteiger partial charge in [-0.3, -0.25) is 9.13 Å². The van der Waals surface area contributed by atoms with Gasteiger partial charge in [0.15, 0.2) is 17.5 Å². The third-order valence-electron chi connectivity index (χ3n) is 12.1. The standard InChI is InChI=1S/C55H33N5S/c1-3-13-34(14-4-1)36-25-26-38-32-39(28-27-37(38)31-36)52-56-53(58-54(57-52)43-21-11-16-35-15-7-8-19-42(35)43)40-29-30-47-49(33-40)61-48-24-12-22-45-50-44-20-9-10-23-46(44)59(41-17-5-2-6-18-41)55(50)60(47)51(45)48/h1-33H. The minimum Gasteiger partial charge on any atom is -0.295 e. The third kappa shape index (κ3) is 5.32. The van der Waals surface area contributed by atoms with Crippen molar-refractivity contribution in [2.45, 2.75) is 9.79 Å². The Labute approximate surface area is 355 Å². The summed E-state index contributed by atoms with van der Waals surface area (Å²) in [6.07, 6.45) is 0. The van der Waals surface area contributed by atoms with Crippen molar-refractivity contribution in [1.82, 2.24) is 24.1 Å². The molecule has 0 atom stereocenters. The van der Waals surface area contributed by atoms with Crippen LogP contribution in [0.1, 0.15) is 0 Å². The number of hydrogen-bond acceptors (Lipinski definition) is 4. The fourth-order valence-corrected chi connectivity index (χ4v) is 10.5. The maximum Gasteiger partial charge on any atom is 0.164 e. The Morgan fingerprint density at radius 2 is 1.00 bits per heavy atom. The fraction of sp³-hybridized carbons (Fsp3) is 0.